The van der Waals surface area contributed by atoms with Gasteiger partial charge in [-0.3, -0.25) is 9.69 Å². The number of hydrogen-bond acceptors (Lipinski definition) is 6. The topological polar surface area (TPSA) is 62.5 Å². The summed E-state index contributed by atoms with van der Waals surface area (Å²) in [6.07, 6.45) is 0.641. The van der Waals surface area contributed by atoms with E-state index < -0.39 is 0 Å². The summed E-state index contributed by atoms with van der Waals surface area (Å²) in [6.45, 7) is 5.14. The number of thiophene rings is 1. The molecule has 1 unspecified atom stereocenters. The largest absolute Gasteiger partial charge is 0.343 e. The number of hydrogen-bond donors (Lipinski definition) is 0. The summed E-state index contributed by atoms with van der Waals surface area (Å²) in [7, 11) is 2.02. The molecule has 0 spiro atoms. The summed E-state index contributed by atoms with van der Waals surface area (Å²) >= 11 is 1.60. The Morgan fingerprint density at radius 2 is 2.41 bits per heavy atom. The van der Waals surface area contributed by atoms with Gasteiger partial charge in [0, 0.05) is 26.1 Å². The van der Waals surface area contributed by atoms with Crippen molar-refractivity contribution in [3.63, 3.8) is 0 Å². The summed E-state index contributed by atoms with van der Waals surface area (Å²) < 4.78 is 5.31. The van der Waals surface area contributed by atoms with Gasteiger partial charge >= 0.3 is 0 Å². The van der Waals surface area contributed by atoms with E-state index in [1.165, 1.54) is 0 Å². The lowest BCUT2D eigenvalue weighted by atomic mass is 10.1. The monoisotopic (exact) mass is 320 g/mol. The first-order valence-corrected chi connectivity index (χ1v) is 8.36. The molecule has 6 nitrogen and oxygen atoms in total. The van der Waals surface area contributed by atoms with Crippen LogP contribution >= 0.6 is 11.3 Å². The summed E-state index contributed by atoms with van der Waals surface area (Å²) in [4.78, 5) is 21.3. The predicted octanol–water partition coefficient (Wildman–Crippen LogP) is 2.10. The minimum Gasteiger partial charge on any atom is -0.343 e. The van der Waals surface area contributed by atoms with Gasteiger partial charge in [-0.25, -0.2) is 0 Å². The Morgan fingerprint density at radius 3 is 3.09 bits per heavy atom. The number of carbonyl (C=O) groups excluding carboxylic acids is 1. The fraction of sp³-hybridized carbons (Fsp3) is 0.533. The van der Waals surface area contributed by atoms with Crippen LogP contribution in [-0.4, -0.2) is 52.5 Å². The van der Waals surface area contributed by atoms with Crippen LogP contribution in [0.1, 0.15) is 19.2 Å². The van der Waals surface area contributed by atoms with E-state index in [4.69, 9.17) is 4.52 Å². The number of likely N-dealkylation sites (tertiary alicyclic amines) is 1. The predicted molar refractivity (Wildman–Crippen MR) is 84.3 cm³/mol. The van der Waals surface area contributed by atoms with Crippen LogP contribution in [0.15, 0.2) is 22.0 Å². The summed E-state index contributed by atoms with van der Waals surface area (Å²) in [6, 6.07) is 3.95. The number of aromatic nitrogens is 2. The number of carbonyl (C=O) groups is 1. The summed E-state index contributed by atoms with van der Waals surface area (Å²) in [5.41, 5.74) is 0. The molecule has 1 aliphatic rings. The minimum absolute atomic E-state index is 0.263. The van der Waals surface area contributed by atoms with Crippen LogP contribution in [0.3, 0.4) is 0 Å². The van der Waals surface area contributed by atoms with Crippen molar-refractivity contribution in [3.05, 3.63) is 23.4 Å². The molecule has 1 fully saturated rings. The van der Waals surface area contributed by atoms with Crippen LogP contribution in [0, 0.1) is 5.92 Å². The average molecular weight is 320 g/mol. The molecule has 2 aromatic rings. The van der Waals surface area contributed by atoms with Crippen molar-refractivity contribution < 1.29 is 9.32 Å². The third kappa shape index (κ3) is 3.36. The molecule has 0 bridgehead atoms. The molecule has 3 heterocycles. The molecular formula is C15H20N4O2S. The molecular weight excluding hydrogens is 300 g/mol. The zero-order valence-corrected chi connectivity index (χ0v) is 13.7. The van der Waals surface area contributed by atoms with Gasteiger partial charge in [0.15, 0.2) is 0 Å². The Kier molecular flexibility index (Phi) is 4.54. The first-order chi connectivity index (χ1) is 10.7. The molecule has 3 rings (SSSR count). The van der Waals surface area contributed by atoms with E-state index in [-0.39, 0.29) is 5.91 Å². The third-order valence-corrected chi connectivity index (χ3v) is 4.73. The normalized spacial score (nSPS) is 18.6. The van der Waals surface area contributed by atoms with Crippen molar-refractivity contribution in [2.45, 2.75) is 19.9 Å². The van der Waals surface area contributed by atoms with E-state index in [1.807, 2.05) is 36.4 Å². The molecule has 22 heavy (non-hydrogen) atoms. The van der Waals surface area contributed by atoms with Crippen molar-refractivity contribution in [2.75, 3.05) is 26.7 Å². The van der Waals surface area contributed by atoms with Crippen LogP contribution in [0.4, 0.5) is 0 Å². The standard InChI is InChI=1S/C15H20N4O2S/c1-3-19-9-11(7-14(19)20)8-18(2)10-13-16-15(17-21-13)12-5-4-6-22-12/h4-6,11H,3,7-10H2,1-2H3. The second-order valence-electron chi connectivity index (χ2n) is 5.69. The maximum atomic E-state index is 11.8. The Morgan fingerprint density at radius 1 is 1.55 bits per heavy atom. The van der Waals surface area contributed by atoms with E-state index in [1.54, 1.807) is 11.3 Å². The highest BCUT2D eigenvalue weighted by atomic mass is 32.1. The number of rotatable bonds is 6. The lowest BCUT2D eigenvalue weighted by Crippen LogP contribution is -2.28. The first kappa shape index (κ1) is 15.2. The van der Waals surface area contributed by atoms with Crippen LogP contribution in [0.2, 0.25) is 0 Å². The Bertz CT molecular complexity index is 625. The van der Waals surface area contributed by atoms with Gasteiger partial charge in [0.05, 0.1) is 11.4 Å². The van der Waals surface area contributed by atoms with Crippen molar-refractivity contribution in [3.8, 4) is 10.7 Å². The first-order valence-electron chi connectivity index (χ1n) is 7.48. The maximum absolute atomic E-state index is 11.8. The molecule has 0 saturated carbocycles. The Balaban J connectivity index is 1.54. The van der Waals surface area contributed by atoms with Gasteiger partial charge in [-0.15, -0.1) is 11.3 Å². The smallest absolute Gasteiger partial charge is 0.241 e. The zero-order chi connectivity index (χ0) is 15.5. The molecule has 7 heteroatoms. The SMILES string of the molecule is CCN1CC(CN(C)Cc2nc(-c3cccs3)no2)CC1=O. The third-order valence-electron chi connectivity index (χ3n) is 3.86. The molecule has 0 aliphatic carbocycles. The van der Waals surface area contributed by atoms with Crippen LogP contribution in [0.25, 0.3) is 10.7 Å². The van der Waals surface area contributed by atoms with Gasteiger partial charge in [-0.1, -0.05) is 11.2 Å². The zero-order valence-electron chi connectivity index (χ0n) is 12.9. The number of amides is 1. The summed E-state index contributed by atoms with van der Waals surface area (Å²) in [5.74, 6) is 1.91. The lowest BCUT2D eigenvalue weighted by molar-refractivity contribution is -0.127. The highest BCUT2D eigenvalue weighted by Gasteiger charge is 2.29. The van der Waals surface area contributed by atoms with E-state index in [9.17, 15) is 4.79 Å². The maximum Gasteiger partial charge on any atom is 0.241 e. The highest BCUT2D eigenvalue weighted by Crippen LogP contribution is 2.22. The molecule has 1 amide bonds. The molecule has 0 aromatic carbocycles. The van der Waals surface area contributed by atoms with Crippen LogP contribution in [0.5, 0.6) is 0 Å². The van der Waals surface area contributed by atoms with Crippen molar-refractivity contribution in [2.24, 2.45) is 5.92 Å². The van der Waals surface area contributed by atoms with E-state index in [0.29, 0.717) is 30.6 Å². The second kappa shape index (κ2) is 6.58. The van der Waals surface area contributed by atoms with E-state index >= 15 is 0 Å². The van der Waals surface area contributed by atoms with Gasteiger partial charge in [-0.2, -0.15) is 4.98 Å². The molecule has 118 valence electrons. The molecule has 2 aromatic heterocycles. The fourth-order valence-electron chi connectivity index (χ4n) is 2.84. The van der Waals surface area contributed by atoms with Gasteiger partial charge in [0.1, 0.15) is 0 Å². The second-order valence-corrected chi connectivity index (χ2v) is 6.64. The number of nitrogens with zero attached hydrogens (tertiary/aromatic N) is 4. The van der Waals surface area contributed by atoms with E-state index in [0.717, 1.165) is 24.5 Å². The summed E-state index contributed by atoms with van der Waals surface area (Å²) in [5, 5.41) is 6.01. The lowest BCUT2D eigenvalue weighted by Gasteiger charge is -2.19. The highest BCUT2D eigenvalue weighted by molar-refractivity contribution is 7.13. The molecule has 1 atom stereocenters. The molecule has 0 radical (unpaired) electrons. The van der Waals surface area contributed by atoms with Gasteiger partial charge in [0.2, 0.25) is 17.6 Å². The van der Waals surface area contributed by atoms with Crippen LogP contribution in [-0.2, 0) is 11.3 Å². The minimum atomic E-state index is 0.263. The Labute approximate surface area is 133 Å². The van der Waals surface area contributed by atoms with E-state index in [2.05, 4.69) is 15.0 Å². The van der Waals surface area contributed by atoms with Crippen molar-refractivity contribution in [1.82, 2.24) is 19.9 Å². The molecule has 0 N–H and O–H groups in total. The van der Waals surface area contributed by atoms with Crippen molar-refractivity contribution in [1.29, 1.82) is 0 Å². The molecule has 1 saturated heterocycles. The molecule has 1 aliphatic heterocycles. The van der Waals surface area contributed by atoms with Crippen molar-refractivity contribution >= 4 is 17.2 Å². The van der Waals surface area contributed by atoms with Gasteiger partial charge in [-0.05, 0) is 31.3 Å². The Hall–Kier alpha value is -1.73. The quantitative estimate of drug-likeness (QED) is 0.815. The fourth-order valence-corrected chi connectivity index (χ4v) is 3.49. The van der Waals surface area contributed by atoms with Gasteiger partial charge in [0.25, 0.3) is 0 Å². The average Bonchev–Trinajstić information content (AvgIpc) is 3.19. The van der Waals surface area contributed by atoms with Crippen LogP contribution < -0.4 is 0 Å². The van der Waals surface area contributed by atoms with Gasteiger partial charge < -0.3 is 9.42 Å².